The van der Waals surface area contributed by atoms with Crippen molar-refractivity contribution in [1.29, 1.82) is 0 Å². The Labute approximate surface area is 176 Å². The molecule has 1 fully saturated rings. The molecule has 31 heavy (non-hydrogen) atoms. The molecule has 1 aromatic rings. The molecule has 1 aliphatic heterocycles. The summed E-state index contributed by atoms with van der Waals surface area (Å²) in [6.45, 7) is 3.26. The van der Waals surface area contributed by atoms with Gasteiger partial charge < -0.3 is 19.2 Å². The zero-order valence-corrected chi connectivity index (χ0v) is 17.1. The largest absolute Gasteiger partial charge is 0.493 e. The minimum absolute atomic E-state index is 0.0212. The Balaban J connectivity index is 1.43. The number of carbonyl (C=O) groups excluding carboxylic acids is 1. The fourth-order valence-corrected chi connectivity index (χ4v) is 3.22. The predicted molar refractivity (Wildman–Crippen MR) is 105 cm³/mol. The quantitative estimate of drug-likeness (QED) is 0.735. The molecule has 166 valence electrons. The second kappa shape index (κ2) is 8.24. The van der Waals surface area contributed by atoms with Crippen LogP contribution in [0.25, 0.3) is 11.4 Å². The van der Waals surface area contributed by atoms with E-state index in [1.54, 1.807) is 25.2 Å². The maximum absolute atomic E-state index is 14.8. The third-order valence-corrected chi connectivity index (χ3v) is 5.03. The molecule has 0 aromatic carbocycles. The summed E-state index contributed by atoms with van der Waals surface area (Å²) < 4.78 is 57.0. The van der Waals surface area contributed by atoms with Crippen molar-refractivity contribution in [1.82, 2.24) is 10.3 Å². The Morgan fingerprint density at radius 2 is 2.16 bits per heavy atom. The highest BCUT2D eigenvalue weighted by Gasteiger charge is 2.57. The summed E-state index contributed by atoms with van der Waals surface area (Å²) in [5.41, 5.74) is 1.28. The van der Waals surface area contributed by atoms with E-state index in [0.29, 0.717) is 23.4 Å². The first kappa shape index (κ1) is 21.2. The van der Waals surface area contributed by atoms with Crippen LogP contribution >= 0.6 is 0 Å². The molecule has 4 rings (SSSR count). The summed E-state index contributed by atoms with van der Waals surface area (Å²) in [5.74, 6) is -3.97. The molecular weight excluding hydrogens is 415 g/mol. The van der Waals surface area contributed by atoms with Crippen LogP contribution in [0.15, 0.2) is 33.4 Å². The molecule has 2 atom stereocenters. The number of allylic oxidation sites excluding steroid dienone is 3. The van der Waals surface area contributed by atoms with Gasteiger partial charge in [-0.3, -0.25) is 4.79 Å². The Morgan fingerprint density at radius 1 is 1.39 bits per heavy atom. The number of amides is 1. The topological polar surface area (TPSA) is 86.0 Å². The summed E-state index contributed by atoms with van der Waals surface area (Å²) >= 11 is 0. The number of nitrogens with one attached hydrogen (secondary N) is 1. The molecule has 0 bridgehead atoms. The fraction of sp³-hybridized carbons (Fsp3) is 0.476. The number of aromatic nitrogens is 1. The van der Waals surface area contributed by atoms with Gasteiger partial charge in [-0.25, -0.2) is 18.8 Å². The van der Waals surface area contributed by atoms with Gasteiger partial charge in [0.25, 0.3) is 5.92 Å². The Morgan fingerprint density at radius 3 is 2.81 bits per heavy atom. The molecular formula is C21H22F3N3O4. The van der Waals surface area contributed by atoms with Crippen molar-refractivity contribution in [2.45, 2.75) is 45.2 Å². The second-order valence-electron chi connectivity index (χ2n) is 7.79. The van der Waals surface area contributed by atoms with Gasteiger partial charge in [-0.1, -0.05) is 0 Å². The van der Waals surface area contributed by atoms with Gasteiger partial charge >= 0.3 is 0 Å². The first-order chi connectivity index (χ1) is 14.7. The van der Waals surface area contributed by atoms with E-state index in [1.165, 1.54) is 6.92 Å². The summed E-state index contributed by atoms with van der Waals surface area (Å²) in [6, 6.07) is -0.308. The van der Waals surface area contributed by atoms with Gasteiger partial charge in [-0.2, -0.15) is 4.39 Å². The van der Waals surface area contributed by atoms with Crippen molar-refractivity contribution in [3.63, 3.8) is 0 Å². The highest BCUT2D eigenvalue weighted by Crippen LogP contribution is 2.48. The number of nitrogens with zero attached hydrogens (tertiary/aromatic N) is 2. The molecule has 3 aliphatic rings. The first-order valence-electron chi connectivity index (χ1n) is 9.95. The molecule has 1 aromatic heterocycles. The lowest BCUT2D eigenvalue weighted by Gasteiger charge is -2.15. The SMILES string of the molecule is CC(=O)N[C@@H](C)COC1=NCc2nc(=C3C=CC(OCC4CC4(F)F)=CC3)oc2=C1F. The summed E-state index contributed by atoms with van der Waals surface area (Å²) in [6.07, 6.45) is 5.38. The standard InChI is InChI=1S/C21H22F3N3O4/c1-11(26-12(2)28)9-30-20-17(22)18-16(8-25-20)27-19(31-18)13-3-5-15(6-4-13)29-10-14-7-21(14,23)24/h3,5-6,11,14H,4,7-10H2,1-2H3,(H,26,28)/t11-,14?/m0/s1. The average molecular weight is 437 g/mol. The zero-order chi connectivity index (χ0) is 22.2. The van der Waals surface area contributed by atoms with Crippen LogP contribution < -0.4 is 16.3 Å². The van der Waals surface area contributed by atoms with Gasteiger partial charge in [0.2, 0.25) is 23.2 Å². The lowest BCUT2D eigenvalue weighted by atomic mass is 10.1. The van der Waals surface area contributed by atoms with Crippen LogP contribution in [0.2, 0.25) is 0 Å². The monoisotopic (exact) mass is 437 g/mol. The Hall–Kier alpha value is -3.04. The van der Waals surface area contributed by atoms with Gasteiger partial charge in [-0.15, -0.1) is 0 Å². The third-order valence-electron chi connectivity index (χ3n) is 5.03. The molecule has 2 aliphatic carbocycles. The van der Waals surface area contributed by atoms with Crippen molar-refractivity contribution in [3.05, 3.63) is 40.6 Å². The lowest BCUT2D eigenvalue weighted by Crippen LogP contribution is -2.35. The maximum atomic E-state index is 14.8. The van der Waals surface area contributed by atoms with E-state index in [1.807, 2.05) is 0 Å². The van der Waals surface area contributed by atoms with E-state index in [2.05, 4.69) is 15.3 Å². The van der Waals surface area contributed by atoms with Crippen LogP contribution in [0, 0.1) is 5.92 Å². The van der Waals surface area contributed by atoms with Gasteiger partial charge in [-0.05, 0) is 31.6 Å². The molecule has 10 heteroatoms. The molecule has 1 saturated carbocycles. The highest BCUT2D eigenvalue weighted by atomic mass is 19.3. The fourth-order valence-electron chi connectivity index (χ4n) is 3.22. The number of hydrogen-bond donors (Lipinski definition) is 1. The Kier molecular flexibility index (Phi) is 5.63. The zero-order valence-electron chi connectivity index (χ0n) is 17.1. The smallest absolute Gasteiger partial charge is 0.255 e. The lowest BCUT2D eigenvalue weighted by molar-refractivity contribution is -0.119. The number of aliphatic imine (C=N–C) groups is 1. The molecule has 0 saturated heterocycles. The number of oxazole rings is 1. The Bertz CT molecular complexity index is 1100. The van der Waals surface area contributed by atoms with Crippen molar-refractivity contribution >= 4 is 23.2 Å². The van der Waals surface area contributed by atoms with E-state index in [4.69, 9.17) is 13.9 Å². The van der Waals surface area contributed by atoms with Crippen molar-refractivity contribution in [2.75, 3.05) is 13.2 Å². The maximum Gasteiger partial charge on any atom is 0.255 e. The average Bonchev–Trinajstić information content (AvgIpc) is 3.11. The summed E-state index contributed by atoms with van der Waals surface area (Å²) in [7, 11) is 0. The number of ether oxygens (including phenoxy) is 2. The molecule has 1 N–H and O–H groups in total. The number of halogens is 3. The van der Waals surface area contributed by atoms with Gasteiger partial charge in [0.1, 0.15) is 18.1 Å². The van der Waals surface area contributed by atoms with Gasteiger partial charge in [0.15, 0.2) is 5.42 Å². The second-order valence-corrected chi connectivity index (χ2v) is 7.79. The van der Waals surface area contributed by atoms with Crippen LogP contribution in [-0.2, 0) is 20.8 Å². The molecule has 1 unspecified atom stereocenters. The number of rotatable bonds is 6. The highest BCUT2D eigenvalue weighted by molar-refractivity contribution is 6.10. The minimum atomic E-state index is -2.61. The van der Waals surface area contributed by atoms with Crippen LogP contribution in [0.1, 0.15) is 32.4 Å². The van der Waals surface area contributed by atoms with Crippen LogP contribution in [0.3, 0.4) is 0 Å². The third kappa shape index (κ3) is 4.83. The van der Waals surface area contributed by atoms with E-state index in [0.717, 1.165) is 0 Å². The van der Waals surface area contributed by atoms with Crippen molar-refractivity contribution in [3.8, 4) is 0 Å². The first-order valence-corrected chi connectivity index (χ1v) is 9.95. The number of fused-ring (bicyclic) bond motifs is 1. The van der Waals surface area contributed by atoms with Crippen LogP contribution in [0.4, 0.5) is 13.2 Å². The van der Waals surface area contributed by atoms with Gasteiger partial charge in [0.05, 0.1) is 25.1 Å². The molecule has 1 amide bonds. The van der Waals surface area contributed by atoms with E-state index >= 15 is 0 Å². The number of alkyl halides is 2. The normalized spacial score (nSPS) is 24.0. The van der Waals surface area contributed by atoms with Crippen molar-refractivity contribution < 1.29 is 31.9 Å². The molecule has 7 nitrogen and oxygen atoms in total. The minimum Gasteiger partial charge on any atom is -0.493 e. The molecule has 2 heterocycles. The van der Waals surface area contributed by atoms with E-state index in [-0.39, 0.29) is 55.0 Å². The van der Waals surface area contributed by atoms with Gasteiger partial charge in [0, 0.05) is 18.9 Å². The molecule has 0 radical (unpaired) electrons. The van der Waals surface area contributed by atoms with E-state index < -0.39 is 17.7 Å². The number of carbonyl (C=O) groups is 1. The van der Waals surface area contributed by atoms with Crippen LogP contribution in [0.5, 0.6) is 0 Å². The predicted octanol–water partition coefficient (Wildman–Crippen LogP) is 1.87. The summed E-state index contributed by atoms with van der Waals surface area (Å²) in [4.78, 5) is 19.4. The van der Waals surface area contributed by atoms with E-state index in [9.17, 15) is 18.0 Å². The molecule has 0 spiro atoms. The summed E-state index contributed by atoms with van der Waals surface area (Å²) in [5, 5.41) is 2.64. The number of hydrogen-bond acceptors (Lipinski definition) is 6. The van der Waals surface area contributed by atoms with Crippen LogP contribution in [-0.4, -0.2) is 42.0 Å². The van der Waals surface area contributed by atoms with Crippen molar-refractivity contribution in [2.24, 2.45) is 10.9 Å².